The fourth-order valence-electron chi connectivity index (χ4n) is 1.22. The van der Waals surface area contributed by atoms with Crippen LogP contribution in [0.5, 0.6) is 0 Å². The Labute approximate surface area is 109 Å². The maximum Gasteiger partial charge on any atom is 0.325 e. The van der Waals surface area contributed by atoms with Crippen LogP contribution < -0.4 is 0 Å². The summed E-state index contributed by atoms with van der Waals surface area (Å²) >= 11 is 11.8. The zero-order valence-corrected chi connectivity index (χ0v) is 10.9. The van der Waals surface area contributed by atoms with Gasteiger partial charge in [-0.05, 0) is 12.1 Å². The van der Waals surface area contributed by atoms with Crippen molar-refractivity contribution in [1.82, 2.24) is 4.90 Å². The Morgan fingerprint density at radius 3 is 2.29 bits per heavy atom. The number of hydrogen-bond donors (Lipinski definition) is 0. The first-order valence-corrected chi connectivity index (χ1v) is 5.49. The van der Waals surface area contributed by atoms with Crippen LogP contribution in [0.2, 0.25) is 10.0 Å². The highest BCUT2D eigenvalue weighted by Gasteiger charge is 2.20. The van der Waals surface area contributed by atoms with Gasteiger partial charge in [-0.3, -0.25) is 9.59 Å². The van der Waals surface area contributed by atoms with Crippen LogP contribution >= 0.6 is 23.2 Å². The summed E-state index contributed by atoms with van der Waals surface area (Å²) in [5, 5.41) is 0.499. The maximum atomic E-state index is 12.0. The molecule has 1 aromatic carbocycles. The first kappa shape index (κ1) is 13.8. The molecule has 0 radical (unpaired) electrons. The molecule has 1 rings (SSSR count). The molecule has 0 spiro atoms. The van der Waals surface area contributed by atoms with E-state index in [4.69, 9.17) is 23.2 Å². The second-order valence-corrected chi connectivity index (χ2v) is 4.15. The van der Waals surface area contributed by atoms with Crippen LogP contribution in [0.25, 0.3) is 0 Å². The average molecular weight is 276 g/mol. The fourth-order valence-corrected chi connectivity index (χ4v) is 1.78. The second kappa shape index (κ2) is 5.89. The van der Waals surface area contributed by atoms with Gasteiger partial charge in [0.15, 0.2) is 0 Å². The van der Waals surface area contributed by atoms with Crippen molar-refractivity contribution in [3.05, 3.63) is 33.8 Å². The standard InChI is InChI=1S/C11H11Cl2NO3/c1-14(6-9(15)17-2)11(16)10-7(12)4-3-5-8(10)13/h3-5H,6H2,1-2H3. The number of hydrogen-bond acceptors (Lipinski definition) is 3. The molecule has 0 aromatic heterocycles. The predicted octanol–water partition coefficient (Wildman–Crippen LogP) is 2.24. The molecule has 6 heteroatoms. The first-order valence-electron chi connectivity index (χ1n) is 4.73. The van der Waals surface area contributed by atoms with Gasteiger partial charge in [0, 0.05) is 7.05 Å². The Kier molecular flexibility index (Phi) is 4.78. The average Bonchev–Trinajstić information content (AvgIpc) is 2.28. The molecule has 0 saturated heterocycles. The number of carbonyl (C=O) groups is 2. The molecule has 1 aromatic rings. The number of ether oxygens (including phenoxy) is 1. The predicted molar refractivity (Wildman–Crippen MR) is 65.4 cm³/mol. The smallest absolute Gasteiger partial charge is 0.325 e. The lowest BCUT2D eigenvalue weighted by Gasteiger charge is -2.17. The minimum Gasteiger partial charge on any atom is -0.468 e. The Bertz CT molecular complexity index is 428. The molecule has 4 nitrogen and oxygen atoms in total. The second-order valence-electron chi connectivity index (χ2n) is 3.33. The highest BCUT2D eigenvalue weighted by molar-refractivity contribution is 6.39. The molecule has 1 amide bonds. The minimum atomic E-state index is -0.510. The topological polar surface area (TPSA) is 46.6 Å². The molecule has 0 N–H and O–H groups in total. The number of halogens is 2. The van der Waals surface area contributed by atoms with E-state index in [2.05, 4.69) is 4.74 Å². The van der Waals surface area contributed by atoms with E-state index in [-0.39, 0.29) is 22.2 Å². The lowest BCUT2D eigenvalue weighted by atomic mass is 10.2. The third-order valence-electron chi connectivity index (χ3n) is 2.12. The number of carbonyl (C=O) groups excluding carboxylic acids is 2. The Morgan fingerprint density at radius 1 is 1.29 bits per heavy atom. The zero-order chi connectivity index (χ0) is 13.0. The maximum absolute atomic E-state index is 12.0. The SMILES string of the molecule is COC(=O)CN(C)C(=O)c1c(Cl)cccc1Cl. The molecule has 0 fully saturated rings. The summed E-state index contributed by atoms with van der Waals surface area (Å²) in [7, 11) is 2.72. The highest BCUT2D eigenvalue weighted by Crippen LogP contribution is 2.25. The van der Waals surface area contributed by atoms with Gasteiger partial charge in [-0.2, -0.15) is 0 Å². The molecule has 0 unspecified atom stereocenters. The van der Waals surface area contributed by atoms with Crippen molar-refractivity contribution in [3.63, 3.8) is 0 Å². The van der Waals surface area contributed by atoms with Crippen LogP contribution in [0.15, 0.2) is 18.2 Å². The van der Waals surface area contributed by atoms with E-state index in [0.717, 1.165) is 0 Å². The summed E-state index contributed by atoms with van der Waals surface area (Å²) in [4.78, 5) is 24.2. The van der Waals surface area contributed by atoms with Gasteiger partial charge >= 0.3 is 5.97 Å². The van der Waals surface area contributed by atoms with Crippen LogP contribution in [-0.4, -0.2) is 37.5 Å². The normalized spacial score (nSPS) is 9.88. The molecule has 0 aliphatic heterocycles. The summed E-state index contributed by atoms with van der Waals surface area (Å²) in [5.74, 6) is -0.935. The third kappa shape index (κ3) is 3.35. The third-order valence-corrected chi connectivity index (χ3v) is 2.75. The number of likely N-dealkylation sites (N-methyl/N-ethyl adjacent to an activating group) is 1. The van der Waals surface area contributed by atoms with Gasteiger partial charge in [-0.15, -0.1) is 0 Å². The van der Waals surface area contributed by atoms with Crippen LogP contribution in [0.1, 0.15) is 10.4 Å². The van der Waals surface area contributed by atoms with Crippen LogP contribution in [-0.2, 0) is 9.53 Å². The molecular formula is C11H11Cl2NO3. The largest absolute Gasteiger partial charge is 0.468 e. The monoisotopic (exact) mass is 275 g/mol. The van der Waals surface area contributed by atoms with Crippen molar-refractivity contribution in [2.75, 3.05) is 20.7 Å². The van der Waals surface area contributed by atoms with E-state index in [1.54, 1.807) is 18.2 Å². The highest BCUT2D eigenvalue weighted by atomic mass is 35.5. The Balaban J connectivity index is 2.93. The summed E-state index contributed by atoms with van der Waals surface area (Å²) < 4.78 is 4.47. The van der Waals surface area contributed by atoms with Crippen molar-refractivity contribution in [3.8, 4) is 0 Å². The number of amides is 1. The number of esters is 1. The van der Waals surface area contributed by atoms with Crippen molar-refractivity contribution in [2.45, 2.75) is 0 Å². The summed E-state index contributed by atoms with van der Waals surface area (Å²) in [5.41, 5.74) is 0.183. The van der Waals surface area contributed by atoms with Gasteiger partial charge in [0.1, 0.15) is 6.54 Å². The van der Waals surface area contributed by atoms with E-state index < -0.39 is 11.9 Å². The van der Waals surface area contributed by atoms with E-state index in [0.29, 0.717) is 0 Å². The molecule has 92 valence electrons. The van der Waals surface area contributed by atoms with E-state index in [1.807, 2.05) is 0 Å². The van der Waals surface area contributed by atoms with E-state index in [1.165, 1.54) is 19.1 Å². The minimum absolute atomic E-state index is 0.156. The van der Waals surface area contributed by atoms with Gasteiger partial charge in [-0.1, -0.05) is 29.3 Å². The lowest BCUT2D eigenvalue weighted by molar-refractivity contribution is -0.141. The molecule has 0 atom stereocenters. The van der Waals surface area contributed by atoms with Gasteiger partial charge < -0.3 is 9.64 Å². The number of benzene rings is 1. The molecule has 0 saturated carbocycles. The lowest BCUT2D eigenvalue weighted by Crippen LogP contribution is -2.33. The molecule has 0 aliphatic rings. The number of nitrogens with zero attached hydrogens (tertiary/aromatic N) is 1. The molecule has 17 heavy (non-hydrogen) atoms. The van der Waals surface area contributed by atoms with Gasteiger partial charge in [0.2, 0.25) is 0 Å². The van der Waals surface area contributed by atoms with E-state index in [9.17, 15) is 9.59 Å². The molecule has 0 heterocycles. The van der Waals surface area contributed by atoms with Crippen LogP contribution in [0, 0.1) is 0 Å². The van der Waals surface area contributed by atoms with Crippen molar-refractivity contribution < 1.29 is 14.3 Å². The van der Waals surface area contributed by atoms with Crippen molar-refractivity contribution in [1.29, 1.82) is 0 Å². The van der Waals surface area contributed by atoms with Gasteiger partial charge in [0.05, 0.1) is 22.7 Å². The fraction of sp³-hybridized carbons (Fsp3) is 0.273. The summed E-state index contributed by atoms with van der Waals surface area (Å²) in [6.45, 7) is -0.156. The quantitative estimate of drug-likeness (QED) is 0.795. The Hall–Kier alpha value is -1.26. The first-order chi connectivity index (χ1) is 7.97. The van der Waals surface area contributed by atoms with Gasteiger partial charge in [0.25, 0.3) is 5.91 Å². The molecule has 0 bridgehead atoms. The Morgan fingerprint density at radius 2 is 1.82 bits per heavy atom. The molecule has 0 aliphatic carbocycles. The van der Waals surface area contributed by atoms with Crippen molar-refractivity contribution in [2.24, 2.45) is 0 Å². The van der Waals surface area contributed by atoms with Crippen molar-refractivity contribution >= 4 is 35.1 Å². The number of methoxy groups -OCH3 is 1. The van der Waals surface area contributed by atoms with Crippen LogP contribution in [0.4, 0.5) is 0 Å². The van der Waals surface area contributed by atoms with E-state index >= 15 is 0 Å². The summed E-state index contributed by atoms with van der Waals surface area (Å²) in [6, 6.07) is 4.76. The zero-order valence-electron chi connectivity index (χ0n) is 9.37. The number of rotatable bonds is 3. The van der Waals surface area contributed by atoms with Gasteiger partial charge in [-0.25, -0.2) is 0 Å². The summed E-state index contributed by atoms with van der Waals surface area (Å²) in [6.07, 6.45) is 0. The molecular weight excluding hydrogens is 265 g/mol. The van der Waals surface area contributed by atoms with Crippen LogP contribution in [0.3, 0.4) is 0 Å².